The third-order valence-electron chi connectivity index (χ3n) is 8.79. The normalized spacial score (nSPS) is 13.8. The van der Waals surface area contributed by atoms with E-state index in [4.69, 9.17) is 18.5 Å². The van der Waals surface area contributed by atoms with Gasteiger partial charge < -0.3 is 27.9 Å². The van der Waals surface area contributed by atoms with Crippen LogP contribution in [0.25, 0.3) is 0 Å². The Morgan fingerprint density at radius 3 is 1.48 bits per heavy atom. The summed E-state index contributed by atoms with van der Waals surface area (Å²) in [5, 5.41) is 0. The van der Waals surface area contributed by atoms with Crippen LogP contribution in [0.5, 0.6) is 0 Å². The third-order valence-corrected chi connectivity index (χ3v) is 9.75. The second kappa shape index (κ2) is 33.6. The molecule has 0 aliphatic carbocycles. The second-order valence-corrected chi connectivity index (χ2v) is 16.4. The molecule has 0 rings (SSSR count). The number of hydrogen-bond acceptors (Lipinski definition) is 8. The van der Waals surface area contributed by atoms with E-state index in [1.165, 1.54) is 103 Å². The van der Waals surface area contributed by atoms with E-state index < -0.39 is 26.5 Å². The molecule has 0 saturated heterocycles. The lowest BCUT2D eigenvalue weighted by Crippen LogP contribution is -2.37. The maximum absolute atomic E-state index is 12.6. The number of phosphoric acid groups is 1. The molecule has 10 heteroatoms. The highest BCUT2D eigenvalue weighted by Gasteiger charge is 2.21. The molecular weight excluding hydrogens is 653 g/mol. The SMILES string of the molecule is CCCCCCCC/C=C/CCCCCCCCCC(=O)O[C@H](COC(=O)CCCCCCCCCCC)COP(=O)([O-])OCC[N+](C)(C)C. The number of likely N-dealkylation sites (N-methyl/N-ethyl adjacent to an activating group) is 1. The zero-order valence-corrected chi connectivity index (χ0v) is 34.0. The van der Waals surface area contributed by atoms with Crippen LogP contribution in [-0.2, 0) is 32.7 Å². The van der Waals surface area contributed by atoms with Gasteiger partial charge >= 0.3 is 11.9 Å². The molecule has 0 N–H and O–H groups in total. The Labute approximate surface area is 307 Å². The van der Waals surface area contributed by atoms with Crippen LogP contribution in [0, 0.1) is 0 Å². The predicted octanol–water partition coefficient (Wildman–Crippen LogP) is 10.4. The van der Waals surface area contributed by atoms with Gasteiger partial charge in [0.15, 0.2) is 6.10 Å². The van der Waals surface area contributed by atoms with Gasteiger partial charge in [-0.15, -0.1) is 0 Å². The molecule has 9 nitrogen and oxygen atoms in total. The smallest absolute Gasteiger partial charge is 0.306 e. The monoisotopic (exact) mass is 732 g/mol. The van der Waals surface area contributed by atoms with E-state index in [2.05, 4.69) is 26.0 Å². The highest BCUT2D eigenvalue weighted by Crippen LogP contribution is 2.38. The molecule has 0 radical (unpaired) electrons. The predicted molar refractivity (Wildman–Crippen MR) is 204 cm³/mol. The minimum atomic E-state index is -4.61. The molecule has 0 aliphatic rings. The lowest BCUT2D eigenvalue weighted by atomic mass is 10.1. The summed E-state index contributed by atoms with van der Waals surface area (Å²) in [6.07, 6.45) is 32.4. The summed E-state index contributed by atoms with van der Waals surface area (Å²) in [6.45, 7) is 4.20. The number of unbranched alkanes of at least 4 members (excludes halogenated alkanes) is 21. The van der Waals surface area contributed by atoms with E-state index in [-0.39, 0.29) is 32.0 Å². The zero-order valence-electron chi connectivity index (χ0n) is 33.1. The largest absolute Gasteiger partial charge is 0.756 e. The minimum Gasteiger partial charge on any atom is -0.756 e. The number of allylic oxidation sites excluding steroid dienone is 2. The first-order chi connectivity index (χ1) is 24.0. The Morgan fingerprint density at radius 2 is 1.02 bits per heavy atom. The van der Waals surface area contributed by atoms with Crippen molar-refractivity contribution in [2.45, 2.75) is 187 Å². The maximum Gasteiger partial charge on any atom is 0.306 e. The van der Waals surface area contributed by atoms with Crippen LogP contribution < -0.4 is 4.89 Å². The van der Waals surface area contributed by atoms with Crippen molar-refractivity contribution in [3.8, 4) is 0 Å². The third kappa shape index (κ3) is 36.5. The molecule has 0 amide bonds. The molecule has 0 saturated carbocycles. The number of hydrogen-bond donors (Lipinski definition) is 0. The molecule has 0 aromatic rings. The molecule has 0 heterocycles. The van der Waals surface area contributed by atoms with Crippen molar-refractivity contribution in [1.82, 2.24) is 0 Å². The van der Waals surface area contributed by atoms with Gasteiger partial charge in [0.2, 0.25) is 0 Å². The first kappa shape index (κ1) is 48.8. The number of rotatable bonds is 37. The highest BCUT2D eigenvalue weighted by atomic mass is 31.2. The quantitative estimate of drug-likeness (QED) is 0.0204. The summed E-state index contributed by atoms with van der Waals surface area (Å²) in [7, 11) is 1.17. The number of carbonyl (C=O) groups is 2. The molecule has 0 spiro atoms. The lowest BCUT2D eigenvalue weighted by molar-refractivity contribution is -0.870. The average Bonchev–Trinajstić information content (AvgIpc) is 3.06. The number of phosphoric ester groups is 1. The maximum atomic E-state index is 12.6. The molecule has 0 aliphatic heterocycles. The van der Waals surface area contributed by atoms with E-state index >= 15 is 0 Å². The summed E-state index contributed by atoms with van der Waals surface area (Å²) in [5.41, 5.74) is 0. The van der Waals surface area contributed by atoms with E-state index in [1.807, 2.05) is 21.1 Å². The molecule has 0 bridgehead atoms. The Morgan fingerprint density at radius 1 is 0.600 bits per heavy atom. The molecule has 2 atom stereocenters. The molecule has 1 unspecified atom stereocenters. The average molecular weight is 732 g/mol. The first-order valence-electron chi connectivity index (χ1n) is 20.4. The van der Waals surface area contributed by atoms with Gasteiger partial charge in [0.1, 0.15) is 19.8 Å². The number of esters is 2. The standard InChI is InChI=1S/C40H78NO8P/c1-6-8-10-12-14-16-17-18-19-20-21-22-23-25-27-29-31-33-40(43)49-38(37-48-50(44,45)47-35-34-41(3,4)5)36-46-39(42)32-30-28-26-24-15-13-11-9-7-2/h18-19,38H,6-17,20-37H2,1-5H3/b19-18+/t38-/m1/s1. The van der Waals surface area contributed by atoms with Gasteiger partial charge in [-0.25, -0.2) is 0 Å². The van der Waals surface area contributed by atoms with Gasteiger partial charge in [-0.05, 0) is 38.5 Å². The molecule has 0 aromatic carbocycles. The number of ether oxygens (including phenoxy) is 2. The van der Waals surface area contributed by atoms with Crippen LogP contribution in [0.3, 0.4) is 0 Å². The Balaban J connectivity index is 4.35. The Hall–Kier alpha value is -1.25. The number of nitrogens with zero attached hydrogens (tertiary/aromatic N) is 1. The molecule has 296 valence electrons. The van der Waals surface area contributed by atoms with Gasteiger partial charge in [-0.1, -0.05) is 142 Å². The van der Waals surface area contributed by atoms with Crippen LogP contribution in [0.1, 0.15) is 181 Å². The Kier molecular flexibility index (Phi) is 32.7. The highest BCUT2D eigenvalue weighted by molar-refractivity contribution is 7.45. The van der Waals surface area contributed by atoms with Gasteiger partial charge in [-0.2, -0.15) is 0 Å². The van der Waals surface area contributed by atoms with Crippen molar-refractivity contribution in [1.29, 1.82) is 0 Å². The summed E-state index contributed by atoms with van der Waals surface area (Å²) in [6, 6.07) is 0. The fourth-order valence-corrected chi connectivity index (χ4v) is 6.26. The number of carbonyl (C=O) groups excluding carboxylic acids is 2. The van der Waals surface area contributed by atoms with Crippen molar-refractivity contribution < 1.29 is 42.1 Å². The van der Waals surface area contributed by atoms with Crippen LogP contribution >= 0.6 is 7.82 Å². The summed E-state index contributed by atoms with van der Waals surface area (Å²) >= 11 is 0. The van der Waals surface area contributed by atoms with Crippen molar-refractivity contribution in [2.75, 3.05) is 47.5 Å². The molecule has 50 heavy (non-hydrogen) atoms. The van der Waals surface area contributed by atoms with Crippen molar-refractivity contribution in [3.63, 3.8) is 0 Å². The minimum absolute atomic E-state index is 0.0290. The van der Waals surface area contributed by atoms with Gasteiger partial charge in [0.05, 0.1) is 27.7 Å². The molecule has 0 fully saturated rings. The number of quaternary nitrogens is 1. The fourth-order valence-electron chi connectivity index (χ4n) is 5.53. The van der Waals surface area contributed by atoms with Crippen LogP contribution in [-0.4, -0.2) is 70.0 Å². The zero-order chi connectivity index (χ0) is 37.2. The molecular formula is C40H78NO8P. The topological polar surface area (TPSA) is 111 Å². The summed E-state index contributed by atoms with van der Waals surface area (Å²) < 4.78 is 33.8. The van der Waals surface area contributed by atoms with Gasteiger partial charge in [0, 0.05) is 12.8 Å². The summed E-state index contributed by atoms with van der Waals surface area (Å²) in [4.78, 5) is 37.3. The van der Waals surface area contributed by atoms with Crippen LogP contribution in [0.2, 0.25) is 0 Å². The first-order valence-corrected chi connectivity index (χ1v) is 21.9. The Bertz CT molecular complexity index is 876. The van der Waals surface area contributed by atoms with E-state index in [0.29, 0.717) is 17.4 Å². The van der Waals surface area contributed by atoms with Crippen LogP contribution in [0.4, 0.5) is 0 Å². The van der Waals surface area contributed by atoms with Gasteiger partial charge in [-0.3, -0.25) is 14.2 Å². The van der Waals surface area contributed by atoms with E-state index in [1.54, 1.807) is 0 Å². The fraction of sp³-hybridized carbons (Fsp3) is 0.900. The van der Waals surface area contributed by atoms with E-state index in [9.17, 15) is 19.0 Å². The van der Waals surface area contributed by atoms with E-state index in [0.717, 1.165) is 44.9 Å². The van der Waals surface area contributed by atoms with Crippen LogP contribution in [0.15, 0.2) is 12.2 Å². The lowest BCUT2D eigenvalue weighted by Gasteiger charge is -2.28. The van der Waals surface area contributed by atoms with Crippen molar-refractivity contribution in [3.05, 3.63) is 12.2 Å². The van der Waals surface area contributed by atoms with Crippen molar-refractivity contribution >= 4 is 19.8 Å². The summed E-state index contributed by atoms with van der Waals surface area (Å²) in [5.74, 6) is -0.837. The second-order valence-electron chi connectivity index (χ2n) is 15.0. The van der Waals surface area contributed by atoms with Crippen molar-refractivity contribution in [2.24, 2.45) is 0 Å². The molecule has 0 aromatic heterocycles. The van der Waals surface area contributed by atoms with Gasteiger partial charge in [0.25, 0.3) is 7.82 Å².